The van der Waals surface area contributed by atoms with Crippen LogP contribution in [0, 0.1) is 0 Å². The van der Waals surface area contributed by atoms with E-state index in [9.17, 15) is 16.8 Å². The van der Waals surface area contributed by atoms with E-state index in [4.69, 9.17) is 10.7 Å². The van der Waals surface area contributed by atoms with Crippen molar-refractivity contribution in [1.29, 1.82) is 0 Å². The van der Waals surface area contributed by atoms with E-state index in [0.29, 0.717) is 11.1 Å². The molecule has 0 bridgehead atoms. The van der Waals surface area contributed by atoms with Crippen LogP contribution >= 0.6 is 10.7 Å². The molecule has 0 heterocycles. The number of hydrogen-bond acceptors (Lipinski definition) is 4. The van der Waals surface area contributed by atoms with Crippen LogP contribution in [0.1, 0.15) is 11.1 Å². The minimum atomic E-state index is -3.65. The lowest BCUT2D eigenvalue weighted by molar-refractivity contribution is 0.595. The molecule has 0 aliphatic rings. The van der Waals surface area contributed by atoms with Gasteiger partial charge in [-0.2, -0.15) is 0 Å². The lowest BCUT2D eigenvalue weighted by Crippen LogP contribution is -2.05. The number of hydrogen-bond donors (Lipinski definition) is 0. The summed E-state index contributed by atoms with van der Waals surface area (Å²) in [5.41, 5.74) is 1.15. The maximum absolute atomic E-state index is 12.3. The van der Waals surface area contributed by atoms with Crippen molar-refractivity contribution >= 4 is 29.6 Å². The Bertz CT molecular complexity index is 811. The molecule has 4 nitrogen and oxygen atoms in total. The Morgan fingerprint density at radius 3 is 1.76 bits per heavy atom. The van der Waals surface area contributed by atoms with Crippen LogP contribution in [0.4, 0.5) is 0 Å². The Labute approximate surface area is 128 Å². The van der Waals surface area contributed by atoms with E-state index in [1.54, 1.807) is 24.3 Å². The normalized spacial score (nSPS) is 12.2. The summed E-state index contributed by atoms with van der Waals surface area (Å²) < 4.78 is 46.4. The van der Waals surface area contributed by atoms with E-state index in [1.807, 2.05) is 6.07 Å². The molecule has 0 aliphatic heterocycles. The second-order valence-electron chi connectivity index (χ2n) is 4.57. The van der Waals surface area contributed by atoms with Crippen molar-refractivity contribution in [2.45, 2.75) is 16.4 Å². The summed E-state index contributed by atoms with van der Waals surface area (Å²) >= 11 is 0. The van der Waals surface area contributed by atoms with Crippen molar-refractivity contribution in [1.82, 2.24) is 0 Å². The quantitative estimate of drug-likeness (QED) is 0.782. The van der Waals surface area contributed by atoms with Crippen LogP contribution in [0.3, 0.4) is 0 Å². The van der Waals surface area contributed by atoms with Gasteiger partial charge in [0.05, 0.1) is 16.4 Å². The summed E-state index contributed by atoms with van der Waals surface area (Å²) in [7, 11) is -1.95. The minimum Gasteiger partial charge on any atom is -0.223 e. The maximum Gasteiger partial charge on any atom is 0.236 e. The third-order valence-corrected chi connectivity index (χ3v) is 5.53. The molecule has 0 radical (unpaired) electrons. The van der Waals surface area contributed by atoms with Gasteiger partial charge in [0.25, 0.3) is 0 Å². The first-order valence-corrected chi connectivity index (χ1v) is 10.2. The van der Waals surface area contributed by atoms with Crippen LogP contribution in [-0.2, 0) is 30.4 Å². The first-order chi connectivity index (χ1) is 9.76. The monoisotopic (exact) mass is 344 g/mol. The van der Waals surface area contributed by atoms with Crippen molar-refractivity contribution in [3.8, 4) is 0 Å². The Hall–Kier alpha value is -1.37. The van der Waals surface area contributed by atoms with E-state index in [0.717, 1.165) is 0 Å². The van der Waals surface area contributed by atoms with Crippen LogP contribution in [-0.4, -0.2) is 16.8 Å². The lowest BCUT2D eigenvalue weighted by Gasteiger charge is -2.06. The van der Waals surface area contributed by atoms with Gasteiger partial charge in [-0.1, -0.05) is 42.5 Å². The van der Waals surface area contributed by atoms with E-state index < -0.39 is 18.9 Å². The van der Waals surface area contributed by atoms with Gasteiger partial charge in [0, 0.05) is 10.7 Å². The lowest BCUT2D eigenvalue weighted by atomic mass is 10.2. The van der Waals surface area contributed by atoms with Gasteiger partial charge in [0.15, 0.2) is 9.84 Å². The summed E-state index contributed by atoms with van der Waals surface area (Å²) in [5, 5.41) is 0. The Kier molecular flexibility index (Phi) is 4.70. The van der Waals surface area contributed by atoms with Crippen LogP contribution < -0.4 is 0 Å². The van der Waals surface area contributed by atoms with Gasteiger partial charge in [-0.05, 0) is 23.3 Å². The molecule has 2 aromatic carbocycles. The number of benzene rings is 2. The van der Waals surface area contributed by atoms with Gasteiger partial charge in [0.1, 0.15) is 0 Å². The van der Waals surface area contributed by atoms with Crippen LogP contribution in [0.25, 0.3) is 0 Å². The first kappa shape index (κ1) is 16.0. The van der Waals surface area contributed by atoms with Crippen molar-refractivity contribution in [2.75, 3.05) is 0 Å². The molecular weight excluding hydrogens is 332 g/mol. The molecular formula is C14H13ClO4S2. The third kappa shape index (κ3) is 4.84. The highest BCUT2D eigenvalue weighted by Crippen LogP contribution is 2.18. The van der Waals surface area contributed by atoms with Crippen LogP contribution in [0.15, 0.2) is 59.5 Å². The second kappa shape index (κ2) is 6.17. The van der Waals surface area contributed by atoms with Crippen molar-refractivity contribution < 1.29 is 16.8 Å². The molecule has 0 amide bonds. The third-order valence-electron chi connectivity index (χ3n) is 2.82. The van der Waals surface area contributed by atoms with Crippen molar-refractivity contribution in [3.63, 3.8) is 0 Å². The molecule has 0 spiro atoms. The summed E-state index contributed by atoms with van der Waals surface area (Å²) in [6.45, 7) is 0. The highest BCUT2D eigenvalue weighted by Gasteiger charge is 2.16. The summed E-state index contributed by atoms with van der Waals surface area (Å²) in [5.74, 6) is -0.422. The van der Waals surface area contributed by atoms with Crippen molar-refractivity contribution in [2.24, 2.45) is 0 Å². The molecule has 2 rings (SSSR count). The van der Waals surface area contributed by atoms with E-state index in [2.05, 4.69) is 0 Å². The fourth-order valence-electron chi connectivity index (χ4n) is 1.87. The van der Waals surface area contributed by atoms with E-state index in [1.165, 1.54) is 24.3 Å². The van der Waals surface area contributed by atoms with Crippen LogP contribution in [0.2, 0.25) is 0 Å². The van der Waals surface area contributed by atoms with E-state index in [-0.39, 0.29) is 16.4 Å². The molecule has 0 atom stereocenters. The molecule has 0 saturated heterocycles. The molecule has 0 aromatic heterocycles. The Morgan fingerprint density at radius 2 is 1.24 bits per heavy atom. The highest BCUT2D eigenvalue weighted by atomic mass is 35.7. The zero-order valence-electron chi connectivity index (χ0n) is 10.9. The van der Waals surface area contributed by atoms with Gasteiger partial charge in [0.2, 0.25) is 9.05 Å². The van der Waals surface area contributed by atoms with Gasteiger partial charge in [-0.15, -0.1) is 0 Å². The summed E-state index contributed by atoms with van der Waals surface area (Å²) in [4.78, 5) is 0.155. The fourth-order valence-corrected chi connectivity index (χ4v) is 4.19. The predicted molar refractivity (Wildman–Crippen MR) is 82.3 cm³/mol. The SMILES string of the molecule is O=S(=O)(Cl)Cc1ccc(S(=O)(=O)Cc2ccccc2)cc1. The number of halogens is 1. The van der Waals surface area contributed by atoms with Crippen molar-refractivity contribution in [3.05, 3.63) is 65.7 Å². The van der Waals surface area contributed by atoms with Gasteiger partial charge in [-0.25, -0.2) is 16.8 Å². The van der Waals surface area contributed by atoms with Crippen LogP contribution in [0.5, 0.6) is 0 Å². The molecule has 2 aromatic rings. The maximum atomic E-state index is 12.3. The molecule has 21 heavy (non-hydrogen) atoms. The Balaban J connectivity index is 2.21. The summed E-state index contributed by atoms with van der Waals surface area (Å²) in [6, 6.07) is 14.6. The molecule has 0 N–H and O–H groups in total. The summed E-state index contributed by atoms with van der Waals surface area (Å²) in [6.07, 6.45) is 0. The smallest absolute Gasteiger partial charge is 0.223 e. The number of sulfone groups is 1. The van der Waals surface area contributed by atoms with Gasteiger partial charge < -0.3 is 0 Å². The standard InChI is InChI=1S/C14H13ClO4S2/c15-21(18,19)11-13-6-8-14(9-7-13)20(16,17)10-12-4-2-1-3-5-12/h1-9H,10-11H2. The fraction of sp³-hybridized carbons (Fsp3) is 0.143. The zero-order valence-corrected chi connectivity index (χ0v) is 13.3. The molecule has 0 unspecified atom stereocenters. The van der Waals surface area contributed by atoms with E-state index >= 15 is 0 Å². The molecule has 7 heteroatoms. The first-order valence-electron chi connectivity index (χ1n) is 6.04. The molecule has 112 valence electrons. The topological polar surface area (TPSA) is 68.3 Å². The largest absolute Gasteiger partial charge is 0.236 e. The minimum absolute atomic E-state index is 0.0962. The molecule has 0 aliphatic carbocycles. The predicted octanol–water partition coefficient (Wildman–Crippen LogP) is 2.73. The number of rotatable bonds is 5. The average molecular weight is 345 g/mol. The average Bonchev–Trinajstić information content (AvgIpc) is 2.38. The zero-order chi connectivity index (χ0) is 15.5. The molecule has 0 fully saturated rings. The molecule has 0 saturated carbocycles. The van der Waals surface area contributed by atoms with Gasteiger partial charge >= 0.3 is 0 Å². The highest BCUT2D eigenvalue weighted by molar-refractivity contribution is 8.13. The van der Waals surface area contributed by atoms with Gasteiger partial charge in [-0.3, -0.25) is 0 Å². The Morgan fingerprint density at radius 1 is 0.714 bits per heavy atom. The second-order valence-corrected chi connectivity index (χ2v) is 9.34.